The van der Waals surface area contributed by atoms with Crippen LogP contribution in [0.1, 0.15) is 15.5 Å². The van der Waals surface area contributed by atoms with E-state index in [0.29, 0.717) is 37.7 Å². The third-order valence-electron chi connectivity index (χ3n) is 3.57. The molecule has 0 spiro atoms. The van der Waals surface area contributed by atoms with E-state index in [-0.39, 0.29) is 10.8 Å². The summed E-state index contributed by atoms with van der Waals surface area (Å²) in [5, 5.41) is 5.20. The van der Waals surface area contributed by atoms with E-state index >= 15 is 0 Å². The van der Waals surface area contributed by atoms with Crippen LogP contribution in [-0.2, 0) is 14.8 Å². The molecule has 1 saturated heterocycles. The maximum absolute atomic E-state index is 12.5. The van der Waals surface area contributed by atoms with Crippen molar-refractivity contribution in [1.29, 1.82) is 0 Å². The quantitative estimate of drug-likeness (QED) is 0.889. The zero-order chi connectivity index (χ0) is 17.2. The molecule has 1 aromatic carbocycles. The number of rotatable bonds is 4. The summed E-state index contributed by atoms with van der Waals surface area (Å²) in [6.07, 6.45) is 0. The molecule has 0 unspecified atom stereocenters. The summed E-state index contributed by atoms with van der Waals surface area (Å²) in [6.45, 7) is 3.33. The molecule has 3 rings (SSSR count). The monoisotopic (exact) mass is 367 g/mol. The number of nitrogens with zero attached hydrogens (tertiary/aromatic N) is 2. The lowest BCUT2D eigenvalue weighted by molar-refractivity contribution is 0.0730. The largest absolute Gasteiger partial charge is 0.379 e. The summed E-state index contributed by atoms with van der Waals surface area (Å²) in [5.41, 5.74) is 0.870. The van der Waals surface area contributed by atoms with Crippen LogP contribution in [0.5, 0.6) is 0 Å². The van der Waals surface area contributed by atoms with Crippen LogP contribution < -0.4 is 5.32 Å². The molecule has 2 aromatic rings. The minimum Gasteiger partial charge on any atom is -0.379 e. The second-order valence-corrected chi connectivity index (χ2v) is 8.25. The molecule has 1 fully saturated rings. The third-order valence-corrected chi connectivity index (χ3v) is 6.26. The number of sulfonamides is 1. The molecule has 1 amide bonds. The first-order valence-corrected chi connectivity index (χ1v) is 9.70. The second-order valence-electron chi connectivity index (χ2n) is 5.25. The van der Waals surface area contributed by atoms with E-state index in [1.165, 1.54) is 27.8 Å². The summed E-state index contributed by atoms with van der Waals surface area (Å²) in [5.74, 6) is -0.317. The number of aryl methyl sites for hydroxylation is 1. The molecule has 0 radical (unpaired) electrons. The number of morpholine rings is 1. The van der Waals surface area contributed by atoms with E-state index in [0.717, 1.165) is 5.01 Å². The van der Waals surface area contributed by atoms with Gasteiger partial charge in [-0.05, 0) is 31.2 Å². The first kappa shape index (κ1) is 17.0. The molecule has 0 atom stereocenters. The number of ether oxygens (including phenoxy) is 1. The molecule has 1 aliphatic rings. The third kappa shape index (κ3) is 3.64. The van der Waals surface area contributed by atoms with Gasteiger partial charge in [-0.25, -0.2) is 13.4 Å². The van der Waals surface area contributed by atoms with Crippen molar-refractivity contribution in [1.82, 2.24) is 9.29 Å². The van der Waals surface area contributed by atoms with Crippen molar-refractivity contribution in [3.8, 4) is 0 Å². The van der Waals surface area contributed by atoms with Gasteiger partial charge in [-0.2, -0.15) is 4.31 Å². The number of amides is 1. The normalized spacial score (nSPS) is 16.0. The molecule has 24 heavy (non-hydrogen) atoms. The fraction of sp³-hybridized carbons (Fsp3) is 0.333. The van der Waals surface area contributed by atoms with Gasteiger partial charge >= 0.3 is 0 Å². The minimum absolute atomic E-state index is 0.201. The lowest BCUT2D eigenvalue weighted by atomic mass is 10.3. The standard InChI is InChI=1S/C15H17N3O4S2/c1-11-16-14(10-23-11)15(19)17-12-2-4-13(5-3-12)24(20,21)18-6-8-22-9-7-18/h2-5,10H,6-9H2,1H3,(H,17,19). The SMILES string of the molecule is Cc1nc(C(=O)Nc2ccc(S(=O)(=O)N3CCOCC3)cc2)cs1. The fourth-order valence-corrected chi connectivity index (χ4v) is 4.31. The molecule has 1 N–H and O–H groups in total. The molecule has 0 aliphatic carbocycles. The van der Waals surface area contributed by atoms with Crippen LogP contribution in [0.4, 0.5) is 5.69 Å². The number of benzene rings is 1. The molecule has 1 aromatic heterocycles. The zero-order valence-electron chi connectivity index (χ0n) is 13.1. The van der Waals surface area contributed by atoms with Crippen LogP contribution in [0.3, 0.4) is 0 Å². The van der Waals surface area contributed by atoms with E-state index in [2.05, 4.69) is 10.3 Å². The van der Waals surface area contributed by atoms with Crippen molar-refractivity contribution in [2.45, 2.75) is 11.8 Å². The van der Waals surface area contributed by atoms with Crippen LogP contribution in [0.2, 0.25) is 0 Å². The predicted molar refractivity (Wildman–Crippen MR) is 90.8 cm³/mol. The average molecular weight is 367 g/mol. The average Bonchev–Trinajstić information content (AvgIpc) is 3.03. The van der Waals surface area contributed by atoms with Crippen molar-refractivity contribution < 1.29 is 17.9 Å². The van der Waals surface area contributed by atoms with Gasteiger partial charge in [0.25, 0.3) is 5.91 Å². The van der Waals surface area contributed by atoms with Gasteiger partial charge in [0.05, 0.1) is 23.1 Å². The fourth-order valence-electron chi connectivity index (χ4n) is 2.31. The lowest BCUT2D eigenvalue weighted by Crippen LogP contribution is -2.40. The number of thiazole rings is 1. The predicted octanol–water partition coefficient (Wildman–Crippen LogP) is 1.72. The molecule has 2 heterocycles. The number of carbonyl (C=O) groups excluding carboxylic acids is 1. The molecular formula is C15H17N3O4S2. The van der Waals surface area contributed by atoms with Gasteiger partial charge in [0.15, 0.2) is 0 Å². The van der Waals surface area contributed by atoms with E-state index < -0.39 is 10.0 Å². The Labute approximate surface area is 144 Å². The van der Waals surface area contributed by atoms with Crippen molar-refractivity contribution in [2.24, 2.45) is 0 Å². The maximum atomic E-state index is 12.5. The highest BCUT2D eigenvalue weighted by molar-refractivity contribution is 7.89. The summed E-state index contributed by atoms with van der Waals surface area (Å²) in [4.78, 5) is 16.4. The Kier molecular flexibility index (Phi) is 4.95. The Morgan fingerprint density at radius 1 is 1.25 bits per heavy atom. The summed E-state index contributed by atoms with van der Waals surface area (Å²) < 4.78 is 31.6. The Balaban J connectivity index is 1.72. The number of nitrogens with one attached hydrogen (secondary N) is 1. The smallest absolute Gasteiger partial charge is 0.275 e. The van der Waals surface area contributed by atoms with E-state index in [4.69, 9.17) is 4.74 Å². The molecule has 128 valence electrons. The van der Waals surface area contributed by atoms with Crippen molar-refractivity contribution >= 4 is 33.0 Å². The molecular weight excluding hydrogens is 350 g/mol. The maximum Gasteiger partial charge on any atom is 0.275 e. The highest BCUT2D eigenvalue weighted by atomic mass is 32.2. The minimum atomic E-state index is -3.53. The Hall–Kier alpha value is -1.81. The summed E-state index contributed by atoms with van der Waals surface area (Å²) >= 11 is 1.40. The number of hydrogen-bond donors (Lipinski definition) is 1. The van der Waals surface area contributed by atoms with Crippen molar-refractivity contribution in [2.75, 3.05) is 31.6 Å². The van der Waals surface area contributed by atoms with E-state index in [1.807, 2.05) is 6.92 Å². The number of anilines is 1. The number of hydrogen-bond acceptors (Lipinski definition) is 6. The van der Waals surface area contributed by atoms with Crippen LogP contribution in [0.15, 0.2) is 34.5 Å². The Bertz CT molecular complexity index is 825. The van der Waals surface area contributed by atoms with Crippen molar-refractivity contribution in [3.05, 3.63) is 40.3 Å². The summed E-state index contributed by atoms with van der Waals surface area (Å²) in [6, 6.07) is 6.13. The first-order chi connectivity index (χ1) is 11.5. The molecule has 9 heteroatoms. The Morgan fingerprint density at radius 2 is 1.92 bits per heavy atom. The second kappa shape index (κ2) is 6.98. The summed E-state index contributed by atoms with van der Waals surface area (Å²) in [7, 11) is -3.53. The van der Waals surface area contributed by atoms with Crippen LogP contribution in [0.25, 0.3) is 0 Å². The van der Waals surface area contributed by atoms with Gasteiger partial charge in [-0.3, -0.25) is 4.79 Å². The van der Waals surface area contributed by atoms with Gasteiger partial charge in [0.2, 0.25) is 10.0 Å². The van der Waals surface area contributed by atoms with Gasteiger partial charge in [0.1, 0.15) is 5.69 Å². The van der Waals surface area contributed by atoms with Gasteiger partial charge in [-0.1, -0.05) is 0 Å². The van der Waals surface area contributed by atoms with Gasteiger partial charge in [0, 0.05) is 24.2 Å². The molecule has 0 bridgehead atoms. The van der Waals surface area contributed by atoms with Crippen LogP contribution >= 0.6 is 11.3 Å². The molecule has 1 aliphatic heterocycles. The van der Waals surface area contributed by atoms with Crippen LogP contribution in [-0.4, -0.2) is 49.9 Å². The Morgan fingerprint density at radius 3 is 2.50 bits per heavy atom. The highest BCUT2D eigenvalue weighted by Gasteiger charge is 2.26. The van der Waals surface area contributed by atoms with E-state index in [1.54, 1.807) is 17.5 Å². The number of aromatic nitrogens is 1. The number of carbonyl (C=O) groups is 1. The van der Waals surface area contributed by atoms with Crippen molar-refractivity contribution in [3.63, 3.8) is 0 Å². The highest BCUT2D eigenvalue weighted by Crippen LogP contribution is 2.20. The van der Waals surface area contributed by atoms with Gasteiger partial charge < -0.3 is 10.1 Å². The van der Waals surface area contributed by atoms with Crippen LogP contribution in [0, 0.1) is 6.92 Å². The van der Waals surface area contributed by atoms with Gasteiger partial charge in [-0.15, -0.1) is 11.3 Å². The first-order valence-electron chi connectivity index (χ1n) is 7.38. The molecule has 7 nitrogen and oxygen atoms in total. The lowest BCUT2D eigenvalue weighted by Gasteiger charge is -2.26. The van der Waals surface area contributed by atoms with E-state index in [9.17, 15) is 13.2 Å². The zero-order valence-corrected chi connectivity index (χ0v) is 14.7. The molecule has 0 saturated carbocycles. The topological polar surface area (TPSA) is 88.6 Å².